The number of rotatable bonds is 4. The van der Waals surface area contributed by atoms with Crippen LogP contribution in [0.15, 0.2) is 42.5 Å². The van der Waals surface area contributed by atoms with Gasteiger partial charge in [-0.3, -0.25) is 9.89 Å². The van der Waals surface area contributed by atoms with Crippen molar-refractivity contribution in [3.8, 4) is 11.5 Å². The van der Waals surface area contributed by atoms with E-state index in [2.05, 4.69) is 10.2 Å². The summed E-state index contributed by atoms with van der Waals surface area (Å²) in [5.41, 5.74) is 1.28. The maximum absolute atomic E-state index is 12.3. The van der Waals surface area contributed by atoms with E-state index < -0.39 is 5.97 Å². The Morgan fingerprint density at radius 3 is 2.76 bits per heavy atom. The second-order valence-corrected chi connectivity index (χ2v) is 5.48. The van der Waals surface area contributed by atoms with Crippen molar-refractivity contribution in [2.24, 2.45) is 0 Å². The topological polar surface area (TPSA) is 90.5 Å². The van der Waals surface area contributed by atoms with E-state index >= 15 is 0 Å². The van der Waals surface area contributed by atoms with Crippen molar-refractivity contribution in [3.05, 3.63) is 53.7 Å². The summed E-state index contributed by atoms with van der Waals surface area (Å²) in [4.78, 5) is 24.5. The molecule has 7 nitrogen and oxygen atoms in total. The highest BCUT2D eigenvalue weighted by molar-refractivity contribution is 6.04. The number of hydrogen-bond acceptors (Lipinski definition) is 6. The molecule has 126 valence electrons. The SMILES string of the molecule is O=C(COC(=O)c1n[nH]c2ccccc12)c1ccc2c(c1)OCCO2. The smallest absolute Gasteiger partial charge is 0.359 e. The number of ether oxygens (including phenoxy) is 3. The Morgan fingerprint density at radius 1 is 1.08 bits per heavy atom. The van der Waals surface area contributed by atoms with Crippen LogP contribution in [0.2, 0.25) is 0 Å². The first kappa shape index (κ1) is 15.2. The van der Waals surface area contributed by atoms with Crippen LogP contribution in [0.1, 0.15) is 20.8 Å². The minimum Gasteiger partial charge on any atom is -0.486 e. The van der Waals surface area contributed by atoms with Crippen LogP contribution in [0.3, 0.4) is 0 Å². The highest BCUT2D eigenvalue weighted by Crippen LogP contribution is 2.30. The van der Waals surface area contributed by atoms with Gasteiger partial charge in [0.2, 0.25) is 0 Å². The second kappa shape index (κ2) is 6.27. The van der Waals surface area contributed by atoms with E-state index in [4.69, 9.17) is 14.2 Å². The molecule has 0 saturated heterocycles. The molecule has 0 unspecified atom stereocenters. The number of aromatic nitrogens is 2. The van der Waals surface area contributed by atoms with Gasteiger partial charge in [-0.1, -0.05) is 18.2 Å². The number of nitrogens with zero attached hydrogens (tertiary/aromatic N) is 1. The fourth-order valence-electron chi connectivity index (χ4n) is 2.62. The number of Topliss-reactive ketones (excluding diaryl/α,β-unsaturated/α-hetero) is 1. The highest BCUT2D eigenvalue weighted by Gasteiger charge is 2.19. The molecule has 0 aliphatic carbocycles. The number of esters is 1. The van der Waals surface area contributed by atoms with E-state index in [1.54, 1.807) is 36.4 Å². The zero-order chi connectivity index (χ0) is 17.2. The molecular weight excluding hydrogens is 324 g/mol. The van der Waals surface area contributed by atoms with E-state index in [-0.39, 0.29) is 18.1 Å². The van der Waals surface area contributed by atoms with Crippen LogP contribution in [0.5, 0.6) is 11.5 Å². The summed E-state index contributed by atoms with van der Waals surface area (Å²) < 4.78 is 16.0. The standard InChI is InChI=1S/C18H14N2O5/c21-14(11-5-6-15-16(9-11)24-8-7-23-15)10-25-18(22)17-12-3-1-2-4-13(12)19-20-17/h1-6,9H,7-8,10H2,(H,19,20). The van der Waals surface area contributed by atoms with Gasteiger partial charge in [-0.05, 0) is 24.3 Å². The first-order valence-corrected chi connectivity index (χ1v) is 7.75. The molecule has 1 N–H and O–H groups in total. The summed E-state index contributed by atoms with van der Waals surface area (Å²) in [7, 11) is 0. The minimum atomic E-state index is -0.650. The maximum Gasteiger partial charge on any atom is 0.359 e. The normalized spacial score (nSPS) is 12.8. The van der Waals surface area contributed by atoms with Gasteiger partial charge in [-0.2, -0.15) is 5.10 Å². The van der Waals surface area contributed by atoms with Crippen molar-refractivity contribution in [2.75, 3.05) is 19.8 Å². The number of H-pyrrole nitrogens is 1. The lowest BCUT2D eigenvalue weighted by atomic mass is 10.1. The molecule has 0 saturated carbocycles. The first-order valence-electron chi connectivity index (χ1n) is 7.75. The molecule has 0 bridgehead atoms. The van der Waals surface area contributed by atoms with E-state index in [0.29, 0.717) is 35.7 Å². The molecule has 2 aromatic carbocycles. The predicted molar refractivity (Wildman–Crippen MR) is 88.1 cm³/mol. The van der Waals surface area contributed by atoms with Gasteiger partial charge in [0.25, 0.3) is 0 Å². The molecule has 0 amide bonds. The quantitative estimate of drug-likeness (QED) is 0.580. The third-order valence-corrected chi connectivity index (χ3v) is 3.86. The molecule has 25 heavy (non-hydrogen) atoms. The van der Waals surface area contributed by atoms with Gasteiger partial charge in [0, 0.05) is 10.9 Å². The molecule has 4 rings (SSSR count). The Bertz CT molecular complexity index is 963. The summed E-state index contributed by atoms with van der Waals surface area (Å²) in [5, 5.41) is 7.36. The average molecular weight is 338 g/mol. The van der Waals surface area contributed by atoms with Gasteiger partial charge in [-0.15, -0.1) is 0 Å². The number of nitrogens with one attached hydrogen (secondary N) is 1. The lowest BCUT2D eigenvalue weighted by Gasteiger charge is -2.18. The van der Waals surface area contributed by atoms with Crippen LogP contribution >= 0.6 is 0 Å². The predicted octanol–water partition coefficient (Wildman–Crippen LogP) is 2.37. The number of para-hydroxylation sites is 1. The monoisotopic (exact) mass is 338 g/mol. The first-order chi connectivity index (χ1) is 12.2. The van der Waals surface area contributed by atoms with E-state index in [1.165, 1.54) is 0 Å². The summed E-state index contributed by atoms with van der Waals surface area (Å²) in [5.74, 6) is 0.137. The van der Waals surface area contributed by atoms with Crippen LogP contribution in [0.4, 0.5) is 0 Å². The molecule has 1 aromatic heterocycles. The summed E-state index contributed by atoms with van der Waals surface area (Å²) in [6, 6.07) is 12.1. The number of benzene rings is 2. The number of aromatic amines is 1. The summed E-state index contributed by atoms with van der Waals surface area (Å²) in [6.07, 6.45) is 0. The minimum absolute atomic E-state index is 0.158. The van der Waals surface area contributed by atoms with Crippen molar-refractivity contribution >= 4 is 22.7 Å². The number of carbonyl (C=O) groups excluding carboxylic acids is 2. The van der Waals surface area contributed by atoms with E-state index in [1.807, 2.05) is 6.07 Å². The molecule has 2 heterocycles. The Hall–Kier alpha value is -3.35. The number of ketones is 1. The molecule has 0 atom stereocenters. The highest BCUT2D eigenvalue weighted by atomic mass is 16.6. The zero-order valence-corrected chi connectivity index (χ0v) is 13.2. The maximum atomic E-state index is 12.3. The molecule has 0 fully saturated rings. The Kier molecular flexibility index (Phi) is 3.81. The number of hydrogen-bond donors (Lipinski definition) is 1. The van der Waals surface area contributed by atoms with Gasteiger partial charge < -0.3 is 14.2 Å². The fourth-order valence-corrected chi connectivity index (χ4v) is 2.62. The zero-order valence-electron chi connectivity index (χ0n) is 13.2. The molecule has 3 aromatic rings. The van der Waals surface area contributed by atoms with Crippen molar-refractivity contribution < 1.29 is 23.8 Å². The van der Waals surface area contributed by atoms with Crippen LogP contribution < -0.4 is 9.47 Å². The van der Waals surface area contributed by atoms with Gasteiger partial charge in [-0.25, -0.2) is 4.79 Å². The summed E-state index contributed by atoms with van der Waals surface area (Å²) in [6.45, 7) is 0.543. The largest absolute Gasteiger partial charge is 0.486 e. The third-order valence-electron chi connectivity index (χ3n) is 3.86. The molecule has 0 radical (unpaired) electrons. The van der Waals surface area contributed by atoms with Crippen molar-refractivity contribution in [2.45, 2.75) is 0 Å². The van der Waals surface area contributed by atoms with Crippen LogP contribution in [0.25, 0.3) is 10.9 Å². The lowest BCUT2D eigenvalue weighted by molar-refractivity contribution is 0.0470. The van der Waals surface area contributed by atoms with Gasteiger partial charge in [0.05, 0.1) is 5.52 Å². The third kappa shape index (κ3) is 2.91. The summed E-state index contributed by atoms with van der Waals surface area (Å²) >= 11 is 0. The molecular formula is C18H14N2O5. The Balaban J connectivity index is 1.45. The van der Waals surface area contributed by atoms with Crippen molar-refractivity contribution in [1.29, 1.82) is 0 Å². The molecule has 0 spiro atoms. The Morgan fingerprint density at radius 2 is 1.88 bits per heavy atom. The molecule has 1 aliphatic heterocycles. The van der Waals surface area contributed by atoms with Gasteiger partial charge in [0.15, 0.2) is 29.6 Å². The lowest BCUT2D eigenvalue weighted by Crippen LogP contribution is -2.17. The van der Waals surface area contributed by atoms with Crippen LogP contribution in [-0.4, -0.2) is 41.8 Å². The van der Waals surface area contributed by atoms with Crippen LogP contribution in [0, 0.1) is 0 Å². The average Bonchev–Trinajstić information content (AvgIpc) is 3.09. The van der Waals surface area contributed by atoms with Gasteiger partial charge >= 0.3 is 5.97 Å². The molecule has 1 aliphatic rings. The van der Waals surface area contributed by atoms with E-state index in [9.17, 15) is 9.59 Å². The van der Waals surface area contributed by atoms with Crippen molar-refractivity contribution in [1.82, 2.24) is 10.2 Å². The Labute approximate surface area is 142 Å². The molecule has 7 heteroatoms. The van der Waals surface area contributed by atoms with E-state index in [0.717, 1.165) is 5.52 Å². The number of fused-ring (bicyclic) bond motifs is 2. The second-order valence-electron chi connectivity index (χ2n) is 5.48. The van der Waals surface area contributed by atoms with Crippen molar-refractivity contribution in [3.63, 3.8) is 0 Å². The van der Waals surface area contributed by atoms with Gasteiger partial charge in [0.1, 0.15) is 13.2 Å². The number of carbonyl (C=O) groups is 2. The van der Waals surface area contributed by atoms with Crippen LogP contribution in [-0.2, 0) is 4.74 Å². The fraction of sp³-hybridized carbons (Fsp3) is 0.167.